The molecule has 0 fully saturated rings. The molecule has 0 atom stereocenters. The van der Waals surface area contributed by atoms with Crippen LogP contribution in [0, 0.1) is 6.92 Å². The molecule has 0 radical (unpaired) electrons. The van der Waals surface area contributed by atoms with Gasteiger partial charge in [0.15, 0.2) is 0 Å². The number of rotatable bonds is 3. The Bertz CT molecular complexity index is 642. The molecule has 3 nitrogen and oxygen atoms in total. The minimum Gasteiger partial charge on any atom is -0.423 e. The second-order valence-electron chi connectivity index (χ2n) is 5.78. The molecule has 0 saturated heterocycles. The van der Waals surface area contributed by atoms with E-state index in [9.17, 15) is 10.0 Å². The van der Waals surface area contributed by atoms with Gasteiger partial charge in [0.1, 0.15) is 0 Å². The van der Waals surface area contributed by atoms with Crippen molar-refractivity contribution in [3.63, 3.8) is 0 Å². The van der Waals surface area contributed by atoms with Crippen LogP contribution in [-0.4, -0.2) is 23.7 Å². The lowest BCUT2D eigenvalue weighted by Gasteiger charge is -2.31. The topological polar surface area (TPSA) is 43.7 Å². The van der Waals surface area contributed by atoms with Crippen LogP contribution in [-0.2, 0) is 13.0 Å². The van der Waals surface area contributed by atoms with E-state index in [4.69, 9.17) is 0 Å². The molecule has 2 aromatic rings. The second-order valence-corrected chi connectivity index (χ2v) is 5.78. The fraction of sp³-hybridized carbons (Fsp3) is 0.294. The van der Waals surface area contributed by atoms with Gasteiger partial charge in [-0.15, -0.1) is 0 Å². The third kappa shape index (κ3) is 3.12. The summed E-state index contributed by atoms with van der Waals surface area (Å²) in [5.41, 5.74) is 5.69. The molecule has 0 aliphatic carbocycles. The molecule has 3 rings (SSSR count). The van der Waals surface area contributed by atoms with Crippen LogP contribution in [0.25, 0.3) is 0 Å². The van der Waals surface area contributed by atoms with Crippen molar-refractivity contribution in [2.45, 2.75) is 26.3 Å². The summed E-state index contributed by atoms with van der Waals surface area (Å²) in [6, 6.07) is 14.2. The van der Waals surface area contributed by atoms with Crippen molar-refractivity contribution < 1.29 is 10.0 Å². The zero-order valence-corrected chi connectivity index (χ0v) is 12.3. The maximum absolute atomic E-state index is 9.28. The lowest BCUT2D eigenvalue weighted by molar-refractivity contribution is 0.425. The van der Waals surface area contributed by atoms with Gasteiger partial charge in [0.25, 0.3) is 0 Å². The third-order valence-electron chi connectivity index (χ3n) is 4.07. The molecule has 1 aliphatic heterocycles. The smallest absolute Gasteiger partial charge is 0.423 e. The van der Waals surface area contributed by atoms with E-state index in [1.54, 1.807) is 6.07 Å². The molecule has 1 heterocycles. The summed E-state index contributed by atoms with van der Waals surface area (Å²) in [7, 11) is -1.40. The number of nitrogens with zero attached hydrogens (tertiary/aromatic N) is 1. The Labute approximate surface area is 126 Å². The van der Waals surface area contributed by atoms with Gasteiger partial charge in [-0.2, -0.15) is 0 Å². The Hall–Kier alpha value is -1.78. The van der Waals surface area contributed by atoms with Gasteiger partial charge in [-0.05, 0) is 42.4 Å². The van der Waals surface area contributed by atoms with Gasteiger partial charge >= 0.3 is 7.12 Å². The number of anilines is 1. The van der Waals surface area contributed by atoms with E-state index < -0.39 is 7.12 Å². The Morgan fingerprint density at radius 1 is 1.14 bits per heavy atom. The fourth-order valence-corrected chi connectivity index (χ4v) is 3.04. The molecule has 1 aliphatic rings. The van der Waals surface area contributed by atoms with E-state index in [1.165, 1.54) is 23.2 Å². The molecule has 21 heavy (non-hydrogen) atoms. The Kier molecular flexibility index (Phi) is 4.00. The molecule has 0 aromatic heterocycles. The highest BCUT2D eigenvalue weighted by atomic mass is 16.4. The van der Waals surface area contributed by atoms with Crippen LogP contribution in [0.5, 0.6) is 0 Å². The van der Waals surface area contributed by atoms with Gasteiger partial charge in [-0.3, -0.25) is 0 Å². The van der Waals surface area contributed by atoms with Crippen molar-refractivity contribution in [2.24, 2.45) is 0 Å². The molecule has 0 saturated carbocycles. The van der Waals surface area contributed by atoms with E-state index in [-0.39, 0.29) is 0 Å². The summed E-state index contributed by atoms with van der Waals surface area (Å²) >= 11 is 0. The van der Waals surface area contributed by atoms with Crippen molar-refractivity contribution in [3.05, 3.63) is 59.2 Å². The van der Waals surface area contributed by atoms with Crippen LogP contribution >= 0.6 is 0 Å². The van der Waals surface area contributed by atoms with Gasteiger partial charge in [0, 0.05) is 18.8 Å². The summed E-state index contributed by atoms with van der Waals surface area (Å²) in [4.78, 5) is 2.38. The van der Waals surface area contributed by atoms with E-state index in [1.807, 2.05) is 18.2 Å². The monoisotopic (exact) mass is 281 g/mol. The Morgan fingerprint density at radius 2 is 2.00 bits per heavy atom. The number of fused-ring (bicyclic) bond motifs is 1. The zero-order chi connectivity index (χ0) is 14.8. The minimum absolute atomic E-state index is 0.550. The average Bonchev–Trinajstić information content (AvgIpc) is 2.47. The van der Waals surface area contributed by atoms with Gasteiger partial charge in [-0.1, -0.05) is 42.0 Å². The van der Waals surface area contributed by atoms with E-state index >= 15 is 0 Å². The molecule has 4 heteroatoms. The Balaban J connectivity index is 1.85. The average molecular weight is 281 g/mol. The van der Waals surface area contributed by atoms with Gasteiger partial charge < -0.3 is 14.9 Å². The predicted molar refractivity (Wildman–Crippen MR) is 86.8 cm³/mol. The van der Waals surface area contributed by atoms with E-state index in [0.29, 0.717) is 5.46 Å². The third-order valence-corrected chi connectivity index (χ3v) is 4.07. The summed E-state index contributed by atoms with van der Waals surface area (Å²) in [6.07, 6.45) is 2.31. The standard InChI is InChI=1S/C17H20BNO2/c1-13-7-8-17-15(10-13)5-3-9-19(17)12-14-4-2-6-16(11-14)18(20)21/h2,4,6-8,10-11,20-21H,3,5,9,12H2,1H3. The van der Waals surface area contributed by atoms with Crippen LogP contribution in [0.1, 0.15) is 23.1 Å². The van der Waals surface area contributed by atoms with Crippen LogP contribution in [0.2, 0.25) is 0 Å². The minimum atomic E-state index is -1.40. The van der Waals surface area contributed by atoms with Crippen LogP contribution in [0.4, 0.5) is 5.69 Å². The molecular weight excluding hydrogens is 261 g/mol. The van der Waals surface area contributed by atoms with Crippen molar-refractivity contribution >= 4 is 18.3 Å². The number of hydrogen-bond donors (Lipinski definition) is 2. The molecule has 2 aromatic carbocycles. The molecule has 0 bridgehead atoms. The summed E-state index contributed by atoms with van der Waals surface area (Å²) in [5.74, 6) is 0. The summed E-state index contributed by atoms with van der Waals surface area (Å²) in [5, 5.41) is 18.6. The first kappa shape index (κ1) is 14.2. The highest BCUT2D eigenvalue weighted by Crippen LogP contribution is 2.29. The summed E-state index contributed by atoms with van der Waals surface area (Å²) < 4.78 is 0. The van der Waals surface area contributed by atoms with E-state index in [0.717, 1.165) is 25.1 Å². The number of aryl methyl sites for hydroxylation is 2. The van der Waals surface area contributed by atoms with Crippen molar-refractivity contribution in [2.75, 3.05) is 11.4 Å². The van der Waals surface area contributed by atoms with Crippen LogP contribution in [0.15, 0.2) is 42.5 Å². The maximum atomic E-state index is 9.28. The van der Waals surface area contributed by atoms with Gasteiger partial charge in [0.2, 0.25) is 0 Å². The largest absolute Gasteiger partial charge is 0.488 e. The molecular formula is C17H20BNO2. The molecule has 0 unspecified atom stereocenters. The molecule has 2 N–H and O–H groups in total. The number of hydrogen-bond acceptors (Lipinski definition) is 3. The van der Waals surface area contributed by atoms with Gasteiger partial charge in [-0.25, -0.2) is 0 Å². The Morgan fingerprint density at radius 3 is 2.81 bits per heavy atom. The highest BCUT2D eigenvalue weighted by molar-refractivity contribution is 6.58. The van der Waals surface area contributed by atoms with Crippen LogP contribution < -0.4 is 10.4 Å². The molecule has 0 amide bonds. The first-order chi connectivity index (χ1) is 10.1. The van der Waals surface area contributed by atoms with Crippen LogP contribution in [0.3, 0.4) is 0 Å². The molecule has 0 spiro atoms. The number of benzene rings is 2. The second kappa shape index (κ2) is 5.92. The van der Waals surface area contributed by atoms with Crippen molar-refractivity contribution in [1.29, 1.82) is 0 Å². The maximum Gasteiger partial charge on any atom is 0.488 e. The fourth-order valence-electron chi connectivity index (χ4n) is 3.04. The lowest BCUT2D eigenvalue weighted by Crippen LogP contribution is -2.32. The highest BCUT2D eigenvalue weighted by Gasteiger charge is 2.18. The quantitative estimate of drug-likeness (QED) is 0.840. The first-order valence-electron chi connectivity index (χ1n) is 7.43. The first-order valence-corrected chi connectivity index (χ1v) is 7.43. The SMILES string of the molecule is Cc1ccc2c(c1)CCCN2Cc1cccc(B(O)O)c1. The van der Waals surface area contributed by atoms with E-state index in [2.05, 4.69) is 30.0 Å². The van der Waals surface area contributed by atoms with Gasteiger partial charge in [0.05, 0.1) is 0 Å². The normalized spacial score (nSPS) is 14.0. The molecule has 108 valence electrons. The summed E-state index contributed by atoms with van der Waals surface area (Å²) in [6.45, 7) is 3.98. The lowest BCUT2D eigenvalue weighted by atomic mass is 9.79. The van der Waals surface area contributed by atoms with Crippen molar-refractivity contribution in [1.82, 2.24) is 0 Å². The predicted octanol–water partition coefficient (Wildman–Crippen LogP) is 1.63. The zero-order valence-electron chi connectivity index (χ0n) is 12.3. The van der Waals surface area contributed by atoms with Crippen molar-refractivity contribution in [3.8, 4) is 0 Å².